The summed E-state index contributed by atoms with van der Waals surface area (Å²) in [6.07, 6.45) is 2.52. The predicted octanol–water partition coefficient (Wildman–Crippen LogP) is 4.13. The normalized spacial score (nSPS) is 10.6. The lowest BCUT2D eigenvalue weighted by Gasteiger charge is -2.12. The molecule has 3 rings (SSSR count). The Morgan fingerprint density at radius 1 is 1.17 bits per heavy atom. The Labute approximate surface area is 139 Å². The number of aromatic nitrogens is 2. The first kappa shape index (κ1) is 15.9. The van der Waals surface area contributed by atoms with Crippen molar-refractivity contribution in [2.24, 2.45) is 0 Å². The zero-order valence-electron chi connectivity index (χ0n) is 13.6. The highest BCUT2D eigenvalue weighted by Gasteiger charge is 2.13. The topological polar surface area (TPSA) is 46.9 Å². The average Bonchev–Trinajstić information content (AvgIpc) is 3.07. The van der Waals surface area contributed by atoms with E-state index in [1.807, 2.05) is 32.0 Å². The van der Waals surface area contributed by atoms with Gasteiger partial charge in [0.05, 0.1) is 5.69 Å². The molecule has 2 aromatic carbocycles. The fraction of sp³-hybridized carbons (Fsp3) is 0.158. The van der Waals surface area contributed by atoms with E-state index in [9.17, 15) is 9.18 Å². The second-order valence-electron chi connectivity index (χ2n) is 5.54. The van der Waals surface area contributed by atoms with E-state index in [2.05, 4.69) is 10.4 Å². The van der Waals surface area contributed by atoms with Gasteiger partial charge in [-0.05, 0) is 54.8 Å². The van der Waals surface area contributed by atoms with Crippen LogP contribution >= 0.6 is 0 Å². The van der Waals surface area contributed by atoms with Crippen LogP contribution in [0.1, 0.15) is 28.5 Å². The van der Waals surface area contributed by atoms with E-state index in [0.29, 0.717) is 11.4 Å². The van der Waals surface area contributed by atoms with Crippen LogP contribution in [0.3, 0.4) is 0 Å². The van der Waals surface area contributed by atoms with Crippen molar-refractivity contribution in [3.63, 3.8) is 0 Å². The summed E-state index contributed by atoms with van der Waals surface area (Å²) in [7, 11) is 0. The van der Waals surface area contributed by atoms with Crippen molar-refractivity contribution in [1.29, 1.82) is 0 Å². The van der Waals surface area contributed by atoms with E-state index in [1.54, 1.807) is 29.1 Å². The number of para-hydroxylation sites is 1. The third-order valence-electron chi connectivity index (χ3n) is 3.89. The first-order valence-electron chi connectivity index (χ1n) is 7.80. The van der Waals surface area contributed by atoms with Gasteiger partial charge in [0.15, 0.2) is 5.69 Å². The van der Waals surface area contributed by atoms with Crippen molar-refractivity contribution < 1.29 is 9.18 Å². The van der Waals surface area contributed by atoms with Gasteiger partial charge in [-0.1, -0.05) is 25.1 Å². The maximum atomic E-state index is 13.0. The molecule has 1 N–H and O–H groups in total. The van der Waals surface area contributed by atoms with E-state index >= 15 is 0 Å². The highest BCUT2D eigenvalue weighted by Crippen LogP contribution is 2.21. The third-order valence-corrected chi connectivity index (χ3v) is 3.89. The molecule has 122 valence electrons. The summed E-state index contributed by atoms with van der Waals surface area (Å²) in [5.74, 6) is -0.574. The number of carbonyl (C=O) groups excluding carboxylic acids is 1. The van der Waals surface area contributed by atoms with E-state index in [4.69, 9.17) is 0 Å². The molecule has 1 heterocycles. The van der Waals surface area contributed by atoms with Crippen molar-refractivity contribution in [2.45, 2.75) is 20.3 Å². The number of hydrogen-bond acceptors (Lipinski definition) is 2. The molecule has 3 aromatic rings. The Morgan fingerprint density at radius 2 is 1.92 bits per heavy atom. The lowest BCUT2D eigenvalue weighted by molar-refractivity contribution is 0.102. The van der Waals surface area contributed by atoms with E-state index in [0.717, 1.165) is 23.2 Å². The molecular weight excluding hydrogens is 305 g/mol. The Kier molecular flexibility index (Phi) is 4.42. The molecule has 5 heteroatoms. The summed E-state index contributed by atoms with van der Waals surface area (Å²) in [5.41, 5.74) is 3.94. The first-order chi connectivity index (χ1) is 11.6. The third kappa shape index (κ3) is 3.20. The molecule has 24 heavy (non-hydrogen) atoms. The van der Waals surface area contributed by atoms with Gasteiger partial charge in [-0.25, -0.2) is 9.07 Å². The van der Waals surface area contributed by atoms with Crippen LogP contribution < -0.4 is 5.32 Å². The SMILES string of the molecule is CCc1cccc(C)c1NC(=O)c1ccn(-c2ccc(F)cc2)n1. The van der Waals surface area contributed by atoms with E-state index in [1.165, 1.54) is 12.1 Å². The van der Waals surface area contributed by atoms with Gasteiger partial charge in [0.25, 0.3) is 5.91 Å². The van der Waals surface area contributed by atoms with Gasteiger partial charge < -0.3 is 5.32 Å². The van der Waals surface area contributed by atoms with Crippen molar-refractivity contribution in [2.75, 3.05) is 5.32 Å². The summed E-state index contributed by atoms with van der Waals surface area (Å²) in [6, 6.07) is 13.5. The number of halogens is 1. The molecule has 0 unspecified atom stereocenters. The Bertz CT molecular complexity index is 869. The number of hydrogen-bond donors (Lipinski definition) is 1. The highest BCUT2D eigenvalue weighted by atomic mass is 19.1. The summed E-state index contributed by atoms with van der Waals surface area (Å²) in [4.78, 5) is 12.5. The Balaban J connectivity index is 1.83. The molecule has 0 saturated heterocycles. The van der Waals surface area contributed by atoms with Gasteiger partial charge in [0.1, 0.15) is 5.82 Å². The summed E-state index contributed by atoms with van der Waals surface area (Å²) in [6.45, 7) is 4.01. The van der Waals surface area contributed by atoms with Gasteiger partial charge in [-0.2, -0.15) is 5.10 Å². The molecule has 0 saturated carbocycles. The number of nitrogens with one attached hydrogen (secondary N) is 1. The van der Waals surface area contributed by atoms with Crippen molar-refractivity contribution in [1.82, 2.24) is 9.78 Å². The van der Waals surface area contributed by atoms with E-state index in [-0.39, 0.29) is 11.7 Å². The smallest absolute Gasteiger partial charge is 0.276 e. The van der Waals surface area contributed by atoms with Crippen LogP contribution in [0.5, 0.6) is 0 Å². The Hall–Kier alpha value is -2.95. The fourth-order valence-corrected chi connectivity index (χ4v) is 2.56. The molecule has 1 aromatic heterocycles. The minimum Gasteiger partial charge on any atom is -0.320 e. The number of anilines is 1. The molecular formula is C19H18FN3O. The number of nitrogens with zero attached hydrogens (tertiary/aromatic N) is 2. The number of amides is 1. The number of benzene rings is 2. The number of carbonyl (C=O) groups is 1. The van der Waals surface area contributed by atoms with Gasteiger partial charge in [0.2, 0.25) is 0 Å². The van der Waals surface area contributed by atoms with Crippen LogP contribution in [-0.4, -0.2) is 15.7 Å². The second kappa shape index (κ2) is 6.66. The number of aryl methyl sites for hydroxylation is 2. The Morgan fingerprint density at radius 3 is 2.62 bits per heavy atom. The van der Waals surface area contributed by atoms with Crippen molar-refractivity contribution in [3.8, 4) is 5.69 Å². The predicted molar refractivity (Wildman–Crippen MR) is 92.0 cm³/mol. The maximum Gasteiger partial charge on any atom is 0.276 e. The molecule has 4 nitrogen and oxygen atoms in total. The standard InChI is InChI=1S/C19H18FN3O/c1-3-14-6-4-5-13(2)18(14)21-19(24)17-11-12-23(22-17)16-9-7-15(20)8-10-16/h4-12H,3H2,1-2H3,(H,21,24). The molecule has 0 bridgehead atoms. The maximum absolute atomic E-state index is 13.0. The van der Waals surface area contributed by atoms with Crippen LogP contribution in [0.15, 0.2) is 54.7 Å². The zero-order valence-corrected chi connectivity index (χ0v) is 13.6. The van der Waals surface area contributed by atoms with Crippen LogP contribution in [0.4, 0.5) is 10.1 Å². The zero-order chi connectivity index (χ0) is 17.1. The van der Waals surface area contributed by atoms with Gasteiger partial charge in [-0.3, -0.25) is 4.79 Å². The van der Waals surface area contributed by atoms with Crippen LogP contribution in [0.25, 0.3) is 5.69 Å². The van der Waals surface area contributed by atoms with Gasteiger partial charge in [0, 0.05) is 11.9 Å². The summed E-state index contributed by atoms with van der Waals surface area (Å²) >= 11 is 0. The fourth-order valence-electron chi connectivity index (χ4n) is 2.56. The summed E-state index contributed by atoms with van der Waals surface area (Å²) in [5, 5.41) is 7.22. The number of rotatable bonds is 4. The molecule has 0 radical (unpaired) electrons. The van der Waals surface area contributed by atoms with E-state index < -0.39 is 0 Å². The van der Waals surface area contributed by atoms with Crippen molar-refractivity contribution in [3.05, 3.63) is 77.4 Å². The average molecular weight is 323 g/mol. The minimum atomic E-state index is -0.310. The minimum absolute atomic E-state index is 0.264. The van der Waals surface area contributed by atoms with Crippen LogP contribution in [0, 0.1) is 12.7 Å². The second-order valence-corrected chi connectivity index (χ2v) is 5.54. The molecule has 0 aliphatic rings. The largest absolute Gasteiger partial charge is 0.320 e. The molecule has 0 aliphatic carbocycles. The summed E-state index contributed by atoms with van der Waals surface area (Å²) < 4.78 is 14.5. The molecule has 1 amide bonds. The first-order valence-corrected chi connectivity index (χ1v) is 7.80. The lowest BCUT2D eigenvalue weighted by Crippen LogP contribution is -2.15. The quantitative estimate of drug-likeness (QED) is 0.784. The highest BCUT2D eigenvalue weighted by molar-refractivity contribution is 6.03. The van der Waals surface area contributed by atoms with Crippen molar-refractivity contribution >= 4 is 11.6 Å². The van der Waals surface area contributed by atoms with Crippen LogP contribution in [0.2, 0.25) is 0 Å². The lowest BCUT2D eigenvalue weighted by atomic mass is 10.1. The van der Waals surface area contributed by atoms with Crippen LogP contribution in [-0.2, 0) is 6.42 Å². The molecule has 0 spiro atoms. The molecule has 0 aliphatic heterocycles. The molecule has 0 fully saturated rings. The molecule has 0 atom stereocenters. The van der Waals surface area contributed by atoms with Gasteiger partial charge >= 0.3 is 0 Å². The van der Waals surface area contributed by atoms with Gasteiger partial charge in [-0.15, -0.1) is 0 Å². The monoisotopic (exact) mass is 323 g/mol.